The Morgan fingerprint density at radius 3 is 1.71 bits per heavy atom. The minimum atomic E-state index is 0.796. The second kappa shape index (κ2) is 11.7. The van der Waals surface area contributed by atoms with E-state index in [-0.39, 0.29) is 0 Å². The molecule has 2 fully saturated rings. The predicted molar refractivity (Wildman–Crippen MR) is 90.0 cm³/mol. The fraction of sp³-hybridized carbons (Fsp3) is 0.789. The topological polar surface area (TPSA) is 18.5 Å². The van der Waals surface area contributed by atoms with Crippen molar-refractivity contribution in [3.8, 4) is 0 Å². The lowest BCUT2D eigenvalue weighted by atomic mass is 9.83. The first kappa shape index (κ1) is 18.1. The molecule has 21 heavy (non-hydrogen) atoms. The summed E-state index contributed by atoms with van der Waals surface area (Å²) in [6, 6.07) is 0. The molecule has 0 unspecified atom stereocenters. The molecule has 0 radical (unpaired) electrons. The average Bonchev–Trinajstić information content (AvgIpc) is 2.54. The Morgan fingerprint density at radius 1 is 0.762 bits per heavy atom. The van der Waals surface area contributed by atoms with Crippen molar-refractivity contribution >= 4 is 0 Å². The van der Waals surface area contributed by atoms with Gasteiger partial charge < -0.3 is 9.47 Å². The summed E-state index contributed by atoms with van der Waals surface area (Å²) in [6.07, 6.45) is 15.5. The summed E-state index contributed by atoms with van der Waals surface area (Å²) >= 11 is 0. The number of hydrogen-bond donors (Lipinski definition) is 0. The van der Waals surface area contributed by atoms with Gasteiger partial charge in [-0.3, -0.25) is 0 Å². The van der Waals surface area contributed by atoms with E-state index in [1.165, 1.54) is 57.8 Å². The summed E-state index contributed by atoms with van der Waals surface area (Å²) in [5, 5.41) is 0. The Labute approximate surface area is 131 Å². The molecule has 2 aliphatic carbocycles. The molecule has 0 heterocycles. The highest BCUT2D eigenvalue weighted by molar-refractivity contribution is 4.70. The largest absolute Gasteiger partial charge is 0.502 e. The van der Waals surface area contributed by atoms with E-state index in [0.29, 0.717) is 0 Å². The zero-order valence-electron chi connectivity index (χ0n) is 13.9. The summed E-state index contributed by atoms with van der Waals surface area (Å²) in [5.41, 5.74) is 0. The van der Waals surface area contributed by atoms with E-state index in [4.69, 9.17) is 9.47 Å². The second-order valence-electron chi connectivity index (χ2n) is 6.63. The van der Waals surface area contributed by atoms with Gasteiger partial charge in [0, 0.05) is 0 Å². The highest BCUT2D eigenvalue weighted by atomic mass is 16.5. The van der Waals surface area contributed by atoms with Crippen molar-refractivity contribution in [2.24, 2.45) is 17.8 Å². The molecule has 2 heteroatoms. The molecule has 0 bridgehead atoms. The van der Waals surface area contributed by atoms with Crippen LogP contribution >= 0.6 is 0 Å². The van der Waals surface area contributed by atoms with Crippen molar-refractivity contribution in [1.82, 2.24) is 0 Å². The van der Waals surface area contributed by atoms with E-state index in [1.807, 2.05) is 0 Å². The summed E-state index contributed by atoms with van der Waals surface area (Å²) in [4.78, 5) is 0. The van der Waals surface area contributed by atoms with Gasteiger partial charge in [-0.1, -0.05) is 52.2 Å². The summed E-state index contributed by atoms with van der Waals surface area (Å²) < 4.78 is 10.3. The van der Waals surface area contributed by atoms with Gasteiger partial charge in [0.2, 0.25) is 0 Å². The quantitative estimate of drug-likeness (QED) is 0.585. The van der Waals surface area contributed by atoms with E-state index in [9.17, 15) is 0 Å². The molecule has 2 aliphatic rings. The fourth-order valence-electron chi connectivity index (χ4n) is 3.26. The summed E-state index contributed by atoms with van der Waals surface area (Å²) in [6.45, 7) is 11.2. The van der Waals surface area contributed by atoms with Crippen LogP contribution in [0.1, 0.15) is 64.7 Å². The monoisotopic (exact) mass is 294 g/mol. The van der Waals surface area contributed by atoms with Crippen LogP contribution in [0.2, 0.25) is 0 Å². The van der Waals surface area contributed by atoms with Crippen LogP contribution in [0.15, 0.2) is 25.7 Å². The van der Waals surface area contributed by atoms with Crippen molar-refractivity contribution in [3.63, 3.8) is 0 Å². The van der Waals surface area contributed by atoms with Crippen LogP contribution < -0.4 is 0 Å². The Morgan fingerprint density at radius 2 is 1.24 bits per heavy atom. The Kier molecular flexibility index (Phi) is 10.1. The number of rotatable bonds is 6. The highest BCUT2D eigenvalue weighted by Crippen LogP contribution is 2.28. The molecule has 0 atom stereocenters. The lowest BCUT2D eigenvalue weighted by Gasteiger charge is -2.25. The molecule has 2 nitrogen and oxygen atoms in total. The van der Waals surface area contributed by atoms with E-state index >= 15 is 0 Å². The minimum Gasteiger partial charge on any atom is -0.502 e. The average molecular weight is 294 g/mol. The van der Waals surface area contributed by atoms with Crippen molar-refractivity contribution in [3.05, 3.63) is 25.7 Å². The van der Waals surface area contributed by atoms with Gasteiger partial charge in [-0.2, -0.15) is 0 Å². The molecule has 0 aromatic heterocycles. The van der Waals surface area contributed by atoms with Gasteiger partial charge >= 0.3 is 0 Å². The maximum Gasteiger partial charge on any atom is 0.0901 e. The zero-order chi connectivity index (χ0) is 15.3. The Balaban J connectivity index is 0.000000211. The first-order valence-corrected chi connectivity index (χ1v) is 8.71. The molecule has 0 aromatic rings. The van der Waals surface area contributed by atoms with Crippen molar-refractivity contribution < 1.29 is 9.47 Å². The van der Waals surface area contributed by atoms with Crippen LogP contribution in [0, 0.1) is 17.8 Å². The molecule has 2 rings (SSSR count). The van der Waals surface area contributed by atoms with Crippen molar-refractivity contribution in [2.75, 3.05) is 13.2 Å². The lowest BCUT2D eigenvalue weighted by molar-refractivity contribution is 0.152. The van der Waals surface area contributed by atoms with Gasteiger partial charge in [0.05, 0.1) is 25.7 Å². The second-order valence-corrected chi connectivity index (χ2v) is 6.63. The van der Waals surface area contributed by atoms with Gasteiger partial charge in [-0.05, 0) is 43.4 Å². The summed E-state index contributed by atoms with van der Waals surface area (Å²) in [7, 11) is 0. The maximum absolute atomic E-state index is 5.17. The molecule has 0 saturated heterocycles. The summed E-state index contributed by atoms with van der Waals surface area (Å²) in [5.74, 6) is 2.55. The normalized spacial score (nSPS) is 26.1. The third kappa shape index (κ3) is 8.85. The third-order valence-electron chi connectivity index (χ3n) is 4.76. The van der Waals surface area contributed by atoms with E-state index in [0.717, 1.165) is 31.0 Å². The van der Waals surface area contributed by atoms with Crippen LogP contribution in [0.4, 0.5) is 0 Å². The van der Waals surface area contributed by atoms with Gasteiger partial charge in [-0.15, -0.1) is 0 Å². The molecule has 122 valence electrons. The molecule has 0 N–H and O–H groups in total. The first-order valence-electron chi connectivity index (χ1n) is 8.71. The van der Waals surface area contributed by atoms with Crippen LogP contribution in [0.25, 0.3) is 0 Å². The molecule has 2 saturated carbocycles. The predicted octanol–water partition coefficient (Wildman–Crippen LogP) is 5.70. The maximum atomic E-state index is 5.17. The third-order valence-corrected chi connectivity index (χ3v) is 4.76. The molecule has 0 amide bonds. The van der Waals surface area contributed by atoms with E-state index in [2.05, 4.69) is 20.1 Å². The molecule has 0 aromatic carbocycles. The number of hydrogen-bond acceptors (Lipinski definition) is 2. The van der Waals surface area contributed by atoms with Crippen LogP contribution in [0.3, 0.4) is 0 Å². The van der Waals surface area contributed by atoms with Crippen molar-refractivity contribution in [2.45, 2.75) is 64.7 Å². The fourth-order valence-corrected chi connectivity index (χ4v) is 3.26. The molecule has 0 spiro atoms. The van der Waals surface area contributed by atoms with Gasteiger partial charge in [0.15, 0.2) is 0 Å². The van der Waals surface area contributed by atoms with Crippen LogP contribution in [-0.2, 0) is 9.47 Å². The highest BCUT2D eigenvalue weighted by Gasteiger charge is 2.17. The Bertz CT molecular complexity index is 261. The van der Waals surface area contributed by atoms with Gasteiger partial charge in [-0.25, -0.2) is 0 Å². The van der Waals surface area contributed by atoms with E-state index < -0.39 is 0 Å². The lowest BCUT2D eigenvalue weighted by Crippen LogP contribution is -2.16. The van der Waals surface area contributed by atoms with Crippen LogP contribution in [-0.4, -0.2) is 13.2 Å². The minimum absolute atomic E-state index is 0.796. The van der Waals surface area contributed by atoms with Crippen LogP contribution in [0.5, 0.6) is 0 Å². The van der Waals surface area contributed by atoms with Crippen molar-refractivity contribution in [1.29, 1.82) is 0 Å². The van der Waals surface area contributed by atoms with E-state index in [1.54, 1.807) is 12.5 Å². The smallest absolute Gasteiger partial charge is 0.0901 e. The van der Waals surface area contributed by atoms with Gasteiger partial charge in [0.25, 0.3) is 0 Å². The first-order chi connectivity index (χ1) is 10.3. The standard InChI is InChI=1S/C10H18O.C9H16O/c1-3-11-8-10-6-4-9(2)5-7-10;1-2-10-8-9-6-4-3-5-7-9/h3,9-10H,1,4-8H2,2H3;2,9H,1,3-8H2. The molecule has 0 aliphatic heterocycles. The Hall–Kier alpha value is -0.920. The zero-order valence-corrected chi connectivity index (χ0v) is 13.9. The molecular formula is C19H34O2. The van der Waals surface area contributed by atoms with Gasteiger partial charge in [0.1, 0.15) is 0 Å². The number of ether oxygens (including phenoxy) is 2. The SMILES string of the molecule is C=COCC1CCC(C)CC1.C=COCC1CCCCC1. The molecular weight excluding hydrogens is 260 g/mol.